The first-order valence-corrected chi connectivity index (χ1v) is 6.41. The molecule has 1 N–H and O–H groups in total. The Balaban J connectivity index is 1.72. The second-order valence-electron chi connectivity index (χ2n) is 4.86. The van der Waals surface area contributed by atoms with Crippen LogP contribution in [-0.2, 0) is 6.42 Å². The second-order valence-corrected chi connectivity index (χ2v) is 4.86. The number of benzene rings is 1. The Morgan fingerprint density at radius 1 is 1.12 bits per heavy atom. The maximum Gasteiger partial charge on any atom is 0.122 e. The van der Waals surface area contributed by atoms with E-state index >= 15 is 0 Å². The van der Waals surface area contributed by atoms with Gasteiger partial charge in [0.1, 0.15) is 11.9 Å². The Hall–Kier alpha value is -1.02. The van der Waals surface area contributed by atoms with Crippen LogP contribution in [0.4, 0.5) is 0 Å². The Kier molecular flexibility index (Phi) is 2.83. The largest absolute Gasteiger partial charge is 0.489 e. The third kappa shape index (κ3) is 1.94. The van der Waals surface area contributed by atoms with Crippen molar-refractivity contribution >= 4 is 0 Å². The number of para-hydroxylation sites is 1. The summed E-state index contributed by atoms with van der Waals surface area (Å²) in [5.41, 5.74) is 1.37. The maximum absolute atomic E-state index is 6.11. The molecule has 3 rings (SSSR count). The van der Waals surface area contributed by atoms with Crippen LogP contribution in [0.15, 0.2) is 24.3 Å². The highest BCUT2D eigenvalue weighted by atomic mass is 16.5. The van der Waals surface area contributed by atoms with Gasteiger partial charge in [-0.15, -0.1) is 0 Å². The van der Waals surface area contributed by atoms with E-state index in [-0.39, 0.29) is 0 Å². The minimum Gasteiger partial charge on any atom is -0.489 e. The van der Waals surface area contributed by atoms with E-state index in [1.54, 1.807) is 0 Å². The van der Waals surface area contributed by atoms with Crippen LogP contribution in [0.5, 0.6) is 5.75 Å². The zero-order chi connectivity index (χ0) is 10.8. The zero-order valence-electron chi connectivity index (χ0n) is 9.61. The van der Waals surface area contributed by atoms with Crippen molar-refractivity contribution < 1.29 is 4.74 Å². The molecule has 2 nitrogen and oxygen atoms in total. The zero-order valence-corrected chi connectivity index (χ0v) is 9.61. The van der Waals surface area contributed by atoms with Gasteiger partial charge in [-0.05, 0) is 43.9 Å². The molecule has 2 unspecified atom stereocenters. The molecule has 0 aliphatic carbocycles. The van der Waals surface area contributed by atoms with E-state index in [1.165, 1.54) is 31.2 Å². The average molecular weight is 217 g/mol. The standard InChI is InChI=1S/C14H19NO/c1-2-7-13-11(5-1)8-9-14(16-13)12-6-3-4-10-15-12/h1-2,5,7,12,14-15H,3-4,6,8-10H2. The number of piperidine rings is 1. The molecule has 1 saturated heterocycles. The van der Waals surface area contributed by atoms with Crippen LogP contribution >= 0.6 is 0 Å². The normalized spacial score (nSPS) is 29.2. The topological polar surface area (TPSA) is 21.3 Å². The van der Waals surface area contributed by atoms with Gasteiger partial charge in [-0.3, -0.25) is 0 Å². The minimum atomic E-state index is 0.384. The molecule has 86 valence electrons. The predicted molar refractivity (Wildman–Crippen MR) is 64.8 cm³/mol. The van der Waals surface area contributed by atoms with Crippen molar-refractivity contribution in [3.8, 4) is 5.75 Å². The summed E-state index contributed by atoms with van der Waals surface area (Å²) >= 11 is 0. The lowest BCUT2D eigenvalue weighted by molar-refractivity contribution is 0.115. The third-order valence-electron chi connectivity index (χ3n) is 3.75. The molecule has 0 aromatic heterocycles. The third-order valence-corrected chi connectivity index (χ3v) is 3.75. The van der Waals surface area contributed by atoms with Gasteiger partial charge in [-0.25, -0.2) is 0 Å². The van der Waals surface area contributed by atoms with Crippen molar-refractivity contribution in [1.82, 2.24) is 5.32 Å². The molecule has 2 atom stereocenters. The fourth-order valence-corrected chi connectivity index (χ4v) is 2.82. The lowest BCUT2D eigenvalue weighted by Gasteiger charge is -2.35. The highest BCUT2D eigenvalue weighted by molar-refractivity contribution is 5.35. The number of fused-ring (bicyclic) bond motifs is 1. The van der Waals surface area contributed by atoms with E-state index in [4.69, 9.17) is 4.74 Å². The predicted octanol–water partition coefficient (Wildman–Crippen LogP) is 2.52. The van der Waals surface area contributed by atoms with Crippen molar-refractivity contribution in [2.24, 2.45) is 0 Å². The van der Waals surface area contributed by atoms with Crippen LogP contribution < -0.4 is 10.1 Å². The van der Waals surface area contributed by atoms with Crippen LogP contribution in [0.2, 0.25) is 0 Å². The molecule has 0 amide bonds. The van der Waals surface area contributed by atoms with E-state index in [0.717, 1.165) is 18.7 Å². The first-order valence-electron chi connectivity index (χ1n) is 6.41. The van der Waals surface area contributed by atoms with Crippen LogP contribution in [-0.4, -0.2) is 18.7 Å². The molecule has 1 aromatic carbocycles. The molecule has 2 heteroatoms. The summed E-state index contributed by atoms with van der Waals surface area (Å²) in [4.78, 5) is 0. The van der Waals surface area contributed by atoms with Gasteiger partial charge in [-0.2, -0.15) is 0 Å². The molecule has 2 heterocycles. The van der Waals surface area contributed by atoms with Gasteiger partial charge in [-0.1, -0.05) is 24.6 Å². The van der Waals surface area contributed by atoms with Gasteiger partial charge in [0.15, 0.2) is 0 Å². The van der Waals surface area contributed by atoms with Gasteiger partial charge in [0.2, 0.25) is 0 Å². The van der Waals surface area contributed by atoms with Crippen LogP contribution in [0, 0.1) is 0 Å². The monoisotopic (exact) mass is 217 g/mol. The Morgan fingerprint density at radius 2 is 2.06 bits per heavy atom. The quantitative estimate of drug-likeness (QED) is 0.780. The van der Waals surface area contributed by atoms with E-state index in [9.17, 15) is 0 Å². The SMILES string of the molecule is c1ccc2c(c1)CCC(C1CCCCN1)O2. The molecule has 1 fully saturated rings. The average Bonchev–Trinajstić information content (AvgIpc) is 2.39. The van der Waals surface area contributed by atoms with Crippen molar-refractivity contribution in [3.63, 3.8) is 0 Å². The number of ether oxygens (including phenoxy) is 1. The highest BCUT2D eigenvalue weighted by Crippen LogP contribution is 2.29. The van der Waals surface area contributed by atoms with Crippen molar-refractivity contribution in [1.29, 1.82) is 0 Å². The molecule has 0 bridgehead atoms. The van der Waals surface area contributed by atoms with Crippen molar-refractivity contribution in [2.75, 3.05) is 6.54 Å². The van der Waals surface area contributed by atoms with Crippen LogP contribution in [0.3, 0.4) is 0 Å². The Labute approximate surface area is 97.0 Å². The van der Waals surface area contributed by atoms with Gasteiger partial charge < -0.3 is 10.1 Å². The van der Waals surface area contributed by atoms with E-state index in [0.29, 0.717) is 12.1 Å². The van der Waals surface area contributed by atoms with E-state index in [1.807, 2.05) is 0 Å². The molecule has 2 aliphatic heterocycles. The first-order chi connectivity index (χ1) is 7.93. The van der Waals surface area contributed by atoms with Crippen LogP contribution in [0.25, 0.3) is 0 Å². The molecule has 16 heavy (non-hydrogen) atoms. The van der Waals surface area contributed by atoms with E-state index in [2.05, 4.69) is 29.6 Å². The van der Waals surface area contributed by atoms with Gasteiger partial charge in [0, 0.05) is 6.04 Å². The van der Waals surface area contributed by atoms with E-state index < -0.39 is 0 Å². The van der Waals surface area contributed by atoms with Crippen molar-refractivity contribution in [3.05, 3.63) is 29.8 Å². The summed E-state index contributed by atoms with van der Waals surface area (Å²) in [6, 6.07) is 9.02. The molecular formula is C14H19NO. The summed E-state index contributed by atoms with van der Waals surface area (Å²) in [5.74, 6) is 1.10. The lowest BCUT2D eigenvalue weighted by Crippen LogP contribution is -2.47. The molecule has 0 radical (unpaired) electrons. The highest BCUT2D eigenvalue weighted by Gasteiger charge is 2.28. The fourth-order valence-electron chi connectivity index (χ4n) is 2.82. The van der Waals surface area contributed by atoms with Crippen molar-refractivity contribution in [2.45, 2.75) is 44.2 Å². The summed E-state index contributed by atoms with van der Waals surface area (Å²) < 4.78 is 6.11. The molecule has 1 aromatic rings. The minimum absolute atomic E-state index is 0.384. The number of aryl methyl sites for hydroxylation is 1. The molecular weight excluding hydrogens is 198 g/mol. The second kappa shape index (κ2) is 4.46. The van der Waals surface area contributed by atoms with Crippen LogP contribution in [0.1, 0.15) is 31.2 Å². The number of rotatable bonds is 1. The lowest BCUT2D eigenvalue weighted by atomic mass is 9.93. The summed E-state index contributed by atoms with van der Waals surface area (Å²) in [6.45, 7) is 1.16. The number of nitrogens with one attached hydrogen (secondary N) is 1. The molecule has 0 spiro atoms. The first kappa shape index (κ1) is 10.2. The summed E-state index contributed by atoms with van der Waals surface area (Å²) in [6.07, 6.45) is 6.65. The molecule has 0 saturated carbocycles. The maximum atomic E-state index is 6.11. The summed E-state index contributed by atoms with van der Waals surface area (Å²) in [5, 5.41) is 3.59. The summed E-state index contributed by atoms with van der Waals surface area (Å²) in [7, 11) is 0. The smallest absolute Gasteiger partial charge is 0.122 e. The Morgan fingerprint density at radius 3 is 2.94 bits per heavy atom. The van der Waals surface area contributed by atoms with Gasteiger partial charge >= 0.3 is 0 Å². The fraction of sp³-hybridized carbons (Fsp3) is 0.571. The Bertz CT molecular complexity index is 358. The van der Waals surface area contributed by atoms with Gasteiger partial charge in [0.05, 0.1) is 0 Å². The van der Waals surface area contributed by atoms with Gasteiger partial charge in [0.25, 0.3) is 0 Å². The number of hydrogen-bond acceptors (Lipinski definition) is 2. The number of hydrogen-bond donors (Lipinski definition) is 1. The molecule has 2 aliphatic rings.